The van der Waals surface area contributed by atoms with E-state index in [0.29, 0.717) is 5.56 Å². The van der Waals surface area contributed by atoms with Crippen LogP contribution in [0.4, 0.5) is 11.4 Å². The lowest BCUT2D eigenvalue weighted by Gasteiger charge is -2.14. The maximum atomic E-state index is 9.09. The maximum absolute atomic E-state index is 9.09. The molecule has 0 bridgehead atoms. The SMILES string of the molecule is Cc1cc(C)c(Nc2ccccc2C#N)c(C)c1. The zero-order chi connectivity index (χ0) is 13.1. The fraction of sp³-hybridized carbons (Fsp3) is 0.188. The van der Waals surface area contributed by atoms with Gasteiger partial charge in [-0.3, -0.25) is 0 Å². The molecule has 0 unspecified atom stereocenters. The Morgan fingerprint density at radius 3 is 2.22 bits per heavy atom. The molecule has 0 saturated heterocycles. The molecule has 0 saturated carbocycles. The molecule has 0 aliphatic carbocycles. The summed E-state index contributed by atoms with van der Waals surface area (Å²) in [6.07, 6.45) is 0. The largest absolute Gasteiger partial charge is 0.354 e. The van der Waals surface area contributed by atoms with Crippen LogP contribution >= 0.6 is 0 Å². The third-order valence-electron chi connectivity index (χ3n) is 2.98. The van der Waals surface area contributed by atoms with Gasteiger partial charge in [-0.15, -0.1) is 0 Å². The Morgan fingerprint density at radius 1 is 1.00 bits per heavy atom. The quantitative estimate of drug-likeness (QED) is 0.847. The van der Waals surface area contributed by atoms with Gasteiger partial charge in [0.15, 0.2) is 0 Å². The third kappa shape index (κ3) is 2.36. The van der Waals surface area contributed by atoms with E-state index >= 15 is 0 Å². The zero-order valence-electron chi connectivity index (χ0n) is 10.9. The first-order valence-electron chi connectivity index (χ1n) is 5.96. The molecule has 1 N–H and O–H groups in total. The monoisotopic (exact) mass is 236 g/mol. The van der Waals surface area contributed by atoms with E-state index in [4.69, 9.17) is 5.26 Å². The van der Waals surface area contributed by atoms with Crippen molar-refractivity contribution in [2.24, 2.45) is 0 Å². The first-order chi connectivity index (χ1) is 8.61. The summed E-state index contributed by atoms with van der Waals surface area (Å²) in [5, 5.41) is 12.5. The molecule has 0 aliphatic rings. The van der Waals surface area contributed by atoms with Gasteiger partial charge >= 0.3 is 0 Å². The average molecular weight is 236 g/mol. The molecule has 0 spiro atoms. The van der Waals surface area contributed by atoms with E-state index in [1.165, 1.54) is 16.7 Å². The van der Waals surface area contributed by atoms with Crippen LogP contribution in [0, 0.1) is 32.1 Å². The van der Waals surface area contributed by atoms with Crippen molar-refractivity contribution in [1.29, 1.82) is 5.26 Å². The minimum Gasteiger partial charge on any atom is -0.354 e. The van der Waals surface area contributed by atoms with Gasteiger partial charge < -0.3 is 5.32 Å². The molecule has 2 aromatic rings. The van der Waals surface area contributed by atoms with E-state index in [1.54, 1.807) is 0 Å². The molecule has 2 aromatic carbocycles. The third-order valence-corrected chi connectivity index (χ3v) is 2.98. The topological polar surface area (TPSA) is 35.8 Å². The first kappa shape index (κ1) is 12.2. The highest BCUT2D eigenvalue weighted by molar-refractivity contribution is 5.71. The number of hydrogen-bond acceptors (Lipinski definition) is 2. The van der Waals surface area contributed by atoms with Gasteiger partial charge in [0, 0.05) is 5.69 Å². The van der Waals surface area contributed by atoms with E-state index in [-0.39, 0.29) is 0 Å². The van der Waals surface area contributed by atoms with Crippen molar-refractivity contribution in [2.45, 2.75) is 20.8 Å². The summed E-state index contributed by atoms with van der Waals surface area (Å²) in [7, 11) is 0. The van der Waals surface area contributed by atoms with Crippen LogP contribution in [-0.4, -0.2) is 0 Å². The molecular weight excluding hydrogens is 220 g/mol. The second-order valence-corrected chi connectivity index (χ2v) is 4.56. The number of rotatable bonds is 2. The van der Waals surface area contributed by atoms with Crippen LogP contribution in [0.5, 0.6) is 0 Å². The minimum atomic E-state index is 0.664. The number of aryl methyl sites for hydroxylation is 3. The van der Waals surface area contributed by atoms with Crippen molar-refractivity contribution in [3.8, 4) is 6.07 Å². The summed E-state index contributed by atoms with van der Waals surface area (Å²) < 4.78 is 0. The van der Waals surface area contributed by atoms with Crippen LogP contribution in [0.25, 0.3) is 0 Å². The number of benzene rings is 2. The fourth-order valence-corrected chi connectivity index (χ4v) is 2.20. The van der Waals surface area contributed by atoms with Gasteiger partial charge in [-0.1, -0.05) is 29.8 Å². The van der Waals surface area contributed by atoms with Crippen molar-refractivity contribution >= 4 is 11.4 Å². The van der Waals surface area contributed by atoms with Gasteiger partial charge in [-0.2, -0.15) is 5.26 Å². The maximum Gasteiger partial charge on any atom is 0.101 e. The summed E-state index contributed by atoms with van der Waals surface area (Å²) in [6.45, 7) is 6.25. The van der Waals surface area contributed by atoms with Crippen molar-refractivity contribution in [3.63, 3.8) is 0 Å². The molecule has 0 amide bonds. The lowest BCUT2D eigenvalue weighted by atomic mass is 10.0. The van der Waals surface area contributed by atoms with Gasteiger partial charge in [-0.05, 0) is 44.0 Å². The molecule has 2 nitrogen and oxygen atoms in total. The number of para-hydroxylation sites is 1. The highest BCUT2D eigenvalue weighted by Gasteiger charge is 2.06. The van der Waals surface area contributed by atoms with Gasteiger partial charge in [0.2, 0.25) is 0 Å². The number of hydrogen-bond donors (Lipinski definition) is 1. The molecule has 0 fully saturated rings. The molecule has 0 aromatic heterocycles. The lowest BCUT2D eigenvalue weighted by molar-refractivity contribution is 1.31. The molecule has 18 heavy (non-hydrogen) atoms. The highest BCUT2D eigenvalue weighted by Crippen LogP contribution is 2.27. The molecule has 0 atom stereocenters. The number of nitrogens with one attached hydrogen (secondary N) is 1. The summed E-state index contributed by atoms with van der Waals surface area (Å²) in [4.78, 5) is 0. The molecule has 90 valence electrons. The Kier molecular flexibility index (Phi) is 3.34. The van der Waals surface area contributed by atoms with E-state index in [1.807, 2.05) is 24.3 Å². The van der Waals surface area contributed by atoms with E-state index in [0.717, 1.165) is 11.4 Å². The van der Waals surface area contributed by atoms with E-state index < -0.39 is 0 Å². The van der Waals surface area contributed by atoms with Crippen molar-refractivity contribution < 1.29 is 0 Å². The average Bonchev–Trinajstić information content (AvgIpc) is 2.34. The highest BCUT2D eigenvalue weighted by atomic mass is 14.9. The molecule has 0 aliphatic heterocycles. The van der Waals surface area contributed by atoms with E-state index in [9.17, 15) is 0 Å². The van der Waals surface area contributed by atoms with Gasteiger partial charge in [0.1, 0.15) is 6.07 Å². The van der Waals surface area contributed by atoms with Gasteiger partial charge in [0.05, 0.1) is 11.3 Å². The Hall–Kier alpha value is -2.27. The Bertz CT molecular complexity index is 598. The number of nitrogens with zero attached hydrogens (tertiary/aromatic N) is 1. The second kappa shape index (κ2) is 4.93. The van der Waals surface area contributed by atoms with Crippen LogP contribution in [0.3, 0.4) is 0 Å². The van der Waals surface area contributed by atoms with Crippen LogP contribution in [0.15, 0.2) is 36.4 Å². The molecule has 2 heteroatoms. The first-order valence-corrected chi connectivity index (χ1v) is 5.96. The molecule has 0 radical (unpaired) electrons. The Labute approximate surface area is 108 Å². The Balaban J connectivity index is 2.44. The summed E-state index contributed by atoms with van der Waals surface area (Å²) in [5.74, 6) is 0. The summed E-state index contributed by atoms with van der Waals surface area (Å²) in [5.41, 5.74) is 6.25. The van der Waals surface area contributed by atoms with Crippen molar-refractivity contribution in [2.75, 3.05) is 5.32 Å². The van der Waals surface area contributed by atoms with Crippen molar-refractivity contribution in [1.82, 2.24) is 0 Å². The molecule has 2 rings (SSSR count). The number of nitriles is 1. The standard InChI is InChI=1S/C16H16N2/c1-11-8-12(2)16(13(3)9-11)18-15-7-5-4-6-14(15)10-17/h4-9,18H,1-3H3. The second-order valence-electron chi connectivity index (χ2n) is 4.56. The van der Waals surface area contributed by atoms with Gasteiger partial charge in [-0.25, -0.2) is 0 Å². The summed E-state index contributed by atoms with van der Waals surface area (Å²) in [6, 6.07) is 14.0. The van der Waals surface area contributed by atoms with Crippen molar-refractivity contribution in [3.05, 3.63) is 58.7 Å². The Morgan fingerprint density at radius 2 is 1.61 bits per heavy atom. The number of anilines is 2. The minimum absolute atomic E-state index is 0.664. The van der Waals surface area contributed by atoms with Crippen LogP contribution in [-0.2, 0) is 0 Å². The predicted octanol–water partition coefficient (Wildman–Crippen LogP) is 4.23. The van der Waals surface area contributed by atoms with Crippen LogP contribution < -0.4 is 5.32 Å². The van der Waals surface area contributed by atoms with Gasteiger partial charge in [0.25, 0.3) is 0 Å². The molecular formula is C16H16N2. The predicted molar refractivity (Wildman–Crippen MR) is 75.1 cm³/mol. The molecule has 0 heterocycles. The van der Waals surface area contributed by atoms with Crippen LogP contribution in [0.1, 0.15) is 22.3 Å². The zero-order valence-corrected chi connectivity index (χ0v) is 10.9. The summed E-state index contributed by atoms with van der Waals surface area (Å²) >= 11 is 0. The normalized spacial score (nSPS) is 9.89. The van der Waals surface area contributed by atoms with E-state index in [2.05, 4.69) is 44.3 Å². The lowest BCUT2D eigenvalue weighted by Crippen LogP contribution is -1.98. The van der Waals surface area contributed by atoms with Crippen LogP contribution in [0.2, 0.25) is 0 Å². The smallest absolute Gasteiger partial charge is 0.101 e. The fourth-order valence-electron chi connectivity index (χ4n) is 2.20.